The predicted molar refractivity (Wildman–Crippen MR) is 81.3 cm³/mol. The number of pyridine rings is 1. The average Bonchev–Trinajstić information content (AvgIpc) is 2.84. The van der Waals surface area contributed by atoms with Gasteiger partial charge in [0.25, 0.3) is 0 Å². The fourth-order valence-electron chi connectivity index (χ4n) is 3.05. The van der Waals surface area contributed by atoms with Crippen LogP contribution in [0.5, 0.6) is 0 Å². The minimum Gasteiger partial charge on any atom is -0.383 e. The van der Waals surface area contributed by atoms with Crippen LogP contribution >= 0.6 is 15.9 Å². The van der Waals surface area contributed by atoms with Crippen LogP contribution in [0.25, 0.3) is 0 Å². The lowest BCUT2D eigenvalue weighted by atomic mass is 9.80. The standard InChI is InChI=1S/C15H23BrN2O/c1-19-7-6-17-12-15(4-2-3-5-15)9-13-8-14(16)11-18-10-13/h8,10-11,17H,2-7,9,12H2,1H3. The molecule has 19 heavy (non-hydrogen) atoms. The van der Waals surface area contributed by atoms with Gasteiger partial charge < -0.3 is 10.1 Å². The fourth-order valence-corrected chi connectivity index (χ4v) is 3.47. The van der Waals surface area contributed by atoms with Gasteiger partial charge in [0.2, 0.25) is 0 Å². The molecule has 1 aromatic heterocycles. The summed E-state index contributed by atoms with van der Waals surface area (Å²) in [5.74, 6) is 0. The lowest BCUT2D eigenvalue weighted by Crippen LogP contribution is -2.35. The highest BCUT2D eigenvalue weighted by Crippen LogP contribution is 2.40. The van der Waals surface area contributed by atoms with Crippen LogP contribution in [-0.4, -0.2) is 31.8 Å². The van der Waals surface area contributed by atoms with Crippen LogP contribution in [0, 0.1) is 5.41 Å². The van der Waals surface area contributed by atoms with E-state index in [1.807, 2.05) is 12.4 Å². The van der Waals surface area contributed by atoms with Gasteiger partial charge in [0.05, 0.1) is 6.61 Å². The lowest BCUT2D eigenvalue weighted by Gasteiger charge is -2.29. The summed E-state index contributed by atoms with van der Waals surface area (Å²) in [6.45, 7) is 2.81. The van der Waals surface area contributed by atoms with Crippen LogP contribution in [0.15, 0.2) is 22.9 Å². The van der Waals surface area contributed by atoms with Gasteiger partial charge in [-0.2, -0.15) is 0 Å². The normalized spacial score (nSPS) is 17.8. The first-order valence-corrected chi connectivity index (χ1v) is 7.82. The Morgan fingerprint density at radius 3 is 2.84 bits per heavy atom. The van der Waals surface area contributed by atoms with Gasteiger partial charge in [-0.25, -0.2) is 0 Å². The van der Waals surface area contributed by atoms with E-state index in [1.54, 1.807) is 7.11 Å². The van der Waals surface area contributed by atoms with Crippen molar-refractivity contribution >= 4 is 15.9 Å². The van der Waals surface area contributed by atoms with E-state index in [-0.39, 0.29) is 0 Å². The highest BCUT2D eigenvalue weighted by Gasteiger charge is 2.33. The fraction of sp³-hybridized carbons (Fsp3) is 0.667. The molecule has 0 bridgehead atoms. The summed E-state index contributed by atoms with van der Waals surface area (Å²) < 4.78 is 6.17. The highest BCUT2D eigenvalue weighted by atomic mass is 79.9. The first-order chi connectivity index (χ1) is 9.24. The summed E-state index contributed by atoms with van der Waals surface area (Å²) in [5.41, 5.74) is 1.75. The van der Waals surface area contributed by atoms with E-state index >= 15 is 0 Å². The zero-order chi connectivity index (χ0) is 13.6. The second-order valence-corrected chi connectivity index (χ2v) is 6.48. The maximum atomic E-state index is 5.09. The van der Waals surface area contributed by atoms with Crippen LogP contribution in [0.3, 0.4) is 0 Å². The SMILES string of the molecule is COCCNCC1(Cc2cncc(Br)c2)CCCC1. The lowest BCUT2D eigenvalue weighted by molar-refractivity contribution is 0.189. The van der Waals surface area contributed by atoms with Crippen LogP contribution in [0.2, 0.25) is 0 Å². The zero-order valence-corrected chi connectivity index (χ0v) is 13.2. The molecule has 1 fully saturated rings. The molecule has 1 aliphatic carbocycles. The molecule has 0 spiro atoms. The molecule has 1 N–H and O–H groups in total. The quantitative estimate of drug-likeness (QED) is 0.781. The molecule has 0 saturated heterocycles. The van der Waals surface area contributed by atoms with Gasteiger partial charge in [-0.1, -0.05) is 12.8 Å². The molecular formula is C15H23BrN2O. The van der Waals surface area contributed by atoms with Gasteiger partial charge in [0, 0.05) is 37.1 Å². The van der Waals surface area contributed by atoms with E-state index in [9.17, 15) is 0 Å². The van der Waals surface area contributed by atoms with E-state index < -0.39 is 0 Å². The summed E-state index contributed by atoms with van der Waals surface area (Å²) in [7, 11) is 1.75. The summed E-state index contributed by atoms with van der Waals surface area (Å²) in [5, 5.41) is 3.55. The third kappa shape index (κ3) is 4.55. The molecule has 1 aliphatic rings. The number of hydrogen-bond acceptors (Lipinski definition) is 3. The van der Waals surface area contributed by atoms with Crippen molar-refractivity contribution in [3.8, 4) is 0 Å². The van der Waals surface area contributed by atoms with Crippen molar-refractivity contribution in [3.05, 3.63) is 28.5 Å². The highest BCUT2D eigenvalue weighted by molar-refractivity contribution is 9.10. The summed E-state index contributed by atoms with van der Waals surface area (Å²) in [6.07, 6.45) is 10.3. The summed E-state index contributed by atoms with van der Waals surface area (Å²) in [6, 6.07) is 2.20. The number of halogens is 1. The topological polar surface area (TPSA) is 34.1 Å². The first-order valence-electron chi connectivity index (χ1n) is 7.03. The predicted octanol–water partition coefficient (Wildman–Crippen LogP) is 3.18. The number of ether oxygens (including phenoxy) is 1. The molecule has 106 valence electrons. The van der Waals surface area contributed by atoms with Crippen molar-refractivity contribution < 1.29 is 4.74 Å². The van der Waals surface area contributed by atoms with Gasteiger partial charge in [0.1, 0.15) is 0 Å². The Kier molecular flexibility index (Phi) is 5.79. The number of rotatable bonds is 7. The molecule has 2 rings (SSSR count). The van der Waals surface area contributed by atoms with Crippen LogP contribution in [0.4, 0.5) is 0 Å². The van der Waals surface area contributed by atoms with E-state index in [4.69, 9.17) is 4.74 Å². The van der Waals surface area contributed by atoms with Crippen molar-refractivity contribution in [3.63, 3.8) is 0 Å². The van der Waals surface area contributed by atoms with Gasteiger partial charge in [-0.15, -0.1) is 0 Å². The Bertz CT molecular complexity index is 391. The Balaban J connectivity index is 1.95. The molecule has 0 radical (unpaired) electrons. The Hall–Kier alpha value is -0.450. The summed E-state index contributed by atoms with van der Waals surface area (Å²) >= 11 is 3.51. The Morgan fingerprint density at radius 2 is 2.16 bits per heavy atom. The van der Waals surface area contributed by atoms with Crippen molar-refractivity contribution in [1.29, 1.82) is 0 Å². The smallest absolute Gasteiger partial charge is 0.0587 e. The first kappa shape index (κ1) is 14.9. The van der Waals surface area contributed by atoms with E-state index in [2.05, 4.69) is 32.3 Å². The largest absolute Gasteiger partial charge is 0.383 e. The van der Waals surface area contributed by atoms with Gasteiger partial charge in [-0.3, -0.25) is 4.98 Å². The molecule has 0 amide bonds. The molecule has 3 nitrogen and oxygen atoms in total. The number of hydrogen-bond donors (Lipinski definition) is 1. The Morgan fingerprint density at radius 1 is 1.37 bits per heavy atom. The molecule has 1 aromatic rings. The molecule has 0 unspecified atom stereocenters. The number of aromatic nitrogens is 1. The third-order valence-electron chi connectivity index (χ3n) is 3.99. The van der Waals surface area contributed by atoms with Crippen molar-refractivity contribution in [2.45, 2.75) is 32.1 Å². The van der Waals surface area contributed by atoms with Crippen LogP contribution in [0.1, 0.15) is 31.2 Å². The van der Waals surface area contributed by atoms with E-state index in [0.29, 0.717) is 5.41 Å². The maximum absolute atomic E-state index is 5.09. The second-order valence-electron chi connectivity index (χ2n) is 5.56. The molecular weight excluding hydrogens is 304 g/mol. The molecule has 4 heteroatoms. The molecule has 0 atom stereocenters. The number of nitrogens with zero attached hydrogens (tertiary/aromatic N) is 1. The molecule has 1 heterocycles. The van der Waals surface area contributed by atoms with Gasteiger partial charge in [0.15, 0.2) is 0 Å². The van der Waals surface area contributed by atoms with E-state index in [1.165, 1.54) is 31.2 Å². The van der Waals surface area contributed by atoms with Gasteiger partial charge in [-0.05, 0) is 52.2 Å². The third-order valence-corrected chi connectivity index (χ3v) is 4.42. The minimum absolute atomic E-state index is 0.413. The van der Waals surface area contributed by atoms with E-state index in [0.717, 1.165) is 30.6 Å². The molecule has 0 aromatic carbocycles. The average molecular weight is 327 g/mol. The minimum atomic E-state index is 0.413. The molecule has 0 aliphatic heterocycles. The van der Waals surface area contributed by atoms with Crippen molar-refractivity contribution in [2.24, 2.45) is 5.41 Å². The van der Waals surface area contributed by atoms with Crippen LogP contribution < -0.4 is 5.32 Å². The maximum Gasteiger partial charge on any atom is 0.0587 e. The number of methoxy groups -OCH3 is 1. The monoisotopic (exact) mass is 326 g/mol. The molecule has 1 saturated carbocycles. The zero-order valence-electron chi connectivity index (χ0n) is 11.6. The number of nitrogens with one attached hydrogen (secondary N) is 1. The van der Waals surface area contributed by atoms with Crippen LogP contribution in [-0.2, 0) is 11.2 Å². The van der Waals surface area contributed by atoms with Crippen molar-refractivity contribution in [2.75, 3.05) is 26.8 Å². The van der Waals surface area contributed by atoms with Crippen molar-refractivity contribution in [1.82, 2.24) is 10.3 Å². The van der Waals surface area contributed by atoms with Gasteiger partial charge >= 0.3 is 0 Å². The Labute approximate surface area is 124 Å². The summed E-state index contributed by atoms with van der Waals surface area (Å²) in [4.78, 5) is 4.28. The second kappa shape index (κ2) is 7.36.